The van der Waals surface area contributed by atoms with Crippen LogP contribution in [0.5, 0.6) is 0 Å². The van der Waals surface area contributed by atoms with Crippen LogP contribution < -0.4 is 11.5 Å². The van der Waals surface area contributed by atoms with Crippen LogP contribution in [0.3, 0.4) is 0 Å². The molecule has 8 rings (SSSR count). The number of aromatic carboxylic acids is 1. The van der Waals surface area contributed by atoms with E-state index in [1.54, 1.807) is 0 Å². The molecular formula is C39H42N10O3S2. The van der Waals surface area contributed by atoms with Crippen molar-refractivity contribution in [3.8, 4) is 33.6 Å². The van der Waals surface area contributed by atoms with Gasteiger partial charge in [0, 0.05) is 33.3 Å². The first-order valence-corrected chi connectivity index (χ1v) is 18.4. The zero-order valence-electron chi connectivity index (χ0n) is 30.1. The standard InChI is InChI=1S/C19H18N4OS.C12H14N2O2S.C7H6N4.CH4/c1-4-13-10(2)14-15(20)16(25-19(14)21-11(13)3)18-23-22-17(24-18)12-8-6-5-7-9-12;1-4-7-5(2)8-9(13)10(12(15)16)17-11(8)14-6(7)3;1-2-4-6(5-3-1)7-8-10-11-9-7;/h5-9H,4,20H2,1-3H3;4,13H2,1-3H3,(H,15,16);1-5H,(H,8,9,10,11);1H4. The zero-order chi connectivity index (χ0) is 37.8. The van der Waals surface area contributed by atoms with Crippen LogP contribution in [-0.4, -0.2) is 51.9 Å². The number of tetrazole rings is 1. The highest BCUT2D eigenvalue weighted by molar-refractivity contribution is 7.22. The maximum absolute atomic E-state index is 11.0. The number of nitrogens with zero attached hydrogens (tertiary/aromatic N) is 7. The largest absolute Gasteiger partial charge is 0.477 e. The molecule has 0 amide bonds. The smallest absolute Gasteiger partial charge is 0.348 e. The van der Waals surface area contributed by atoms with E-state index in [-0.39, 0.29) is 12.3 Å². The van der Waals surface area contributed by atoms with Gasteiger partial charge in [0.15, 0.2) is 0 Å². The summed E-state index contributed by atoms with van der Waals surface area (Å²) in [6.45, 7) is 12.3. The van der Waals surface area contributed by atoms with Crippen LogP contribution >= 0.6 is 22.7 Å². The molecule has 0 radical (unpaired) electrons. The van der Waals surface area contributed by atoms with Gasteiger partial charge in [-0.2, -0.15) is 5.21 Å². The highest BCUT2D eigenvalue weighted by atomic mass is 32.1. The summed E-state index contributed by atoms with van der Waals surface area (Å²) in [5.41, 5.74) is 21.9. The van der Waals surface area contributed by atoms with Crippen LogP contribution in [0.1, 0.15) is 64.6 Å². The molecule has 0 aliphatic carbocycles. The summed E-state index contributed by atoms with van der Waals surface area (Å²) < 4.78 is 5.87. The number of benzene rings is 2. The number of pyridine rings is 2. The van der Waals surface area contributed by atoms with Crippen molar-refractivity contribution in [3.63, 3.8) is 0 Å². The minimum Gasteiger partial charge on any atom is -0.477 e. The van der Waals surface area contributed by atoms with Crippen LogP contribution in [0.4, 0.5) is 11.4 Å². The number of rotatable bonds is 6. The fourth-order valence-corrected chi connectivity index (χ4v) is 8.44. The number of nitrogens with two attached hydrogens (primary N) is 2. The molecule has 0 saturated heterocycles. The van der Waals surface area contributed by atoms with Crippen molar-refractivity contribution < 1.29 is 14.3 Å². The molecule has 6 aromatic heterocycles. The normalized spacial score (nSPS) is 10.7. The van der Waals surface area contributed by atoms with Crippen molar-refractivity contribution >= 4 is 60.5 Å². The van der Waals surface area contributed by atoms with Gasteiger partial charge in [0.05, 0.1) is 11.4 Å². The Morgan fingerprint density at radius 1 is 0.741 bits per heavy atom. The maximum atomic E-state index is 11.0. The lowest BCUT2D eigenvalue weighted by atomic mass is 10.0. The lowest BCUT2D eigenvalue weighted by Crippen LogP contribution is -1.99. The average molecular weight is 763 g/mol. The quantitative estimate of drug-likeness (QED) is 0.125. The molecule has 278 valence electrons. The van der Waals surface area contributed by atoms with E-state index in [1.165, 1.54) is 22.5 Å². The molecule has 2 aromatic carbocycles. The van der Waals surface area contributed by atoms with Gasteiger partial charge in [-0.25, -0.2) is 14.8 Å². The molecule has 0 aliphatic rings. The summed E-state index contributed by atoms with van der Waals surface area (Å²) in [6.07, 6.45) is 1.81. The molecule has 0 bridgehead atoms. The highest BCUT2D eigenvalue weighted by Crippen LogP contribution is 2.42. The fraction of sp³-hybridized carbons (Fsp3) is 0.231. The maximum Gasteiger partial charge on any atom is 0.348 e. The zero-order valence-corrected chi connectivity index (χ0v) is 31.7. The topological polar surface area (TPSA) is 208 Å². The minimum absolute atomic E-state index is 0. The van der Waals surface area contributed by atoms with Crippen LogP contribution in [0.25, 0.3) is 54.0 Å². The Bertz CT molecular complexity index is 2530. The van der Waals surface area contributed by atoms with Crippen molar-refractivity contribution in [2.45, 2.75) is 61.8 Å². The predicted octanol–water partition coefficient (Wildman–Crippen LogP) is 9.03. The van der Waals surface area contributed by atoms with E-state index in [0.717, 1.165) is 78.3 Å². The van der Waals surface area contributed by atoms with E-state index in [4.69, 9.17) is 26.0 Å². The van der Waals surface area contributed by atoms with Gasteiger partial charge in [-0.05, 0) is 80.1 Å². The van der Waals surface area contributed by atoms with Crippen molar-refractivity contribution in [3.05, 3.63) is 99.2 Å². The Morgan fingerprint density at radius 3 is 1.78 bits per heavy atom. The van der Waals surface area contributed by atoms with Gasteiger partial charge < -0.3 is 21.0 Å². The van der Waals surface area contributed by atoms with E-state index < -0.39 is 5.97 Å². The van der Waals surface area contributed by atoms with E-state index in [2.05, 4.69) is 56.6 Å². The van der Waals surface area contributed by atoms with Crippen molar-refractivity contribution in [1.82, 2.24) is 40.8 Å². The summed E-state index contributed by atoms with van der Waals surface area (Å²) in [4.78, 5) is 22.8. The first-order valence-electron chi connectivity index (χ1n) is 16.8. The second-order valence-corrected chi connectivity index (χ2v) is 14.0. The van der Waals surface area contributed by atoms with Gasteiger partial charge >= 0.3 is 5.97 Å². The van der Waals surface area contributed by atoms with Gasteiger partial charge in [-0.3, -0.25) is 0 Å². The molecule has 0 atom stereocenters. The van der Waals surface area contributed by atoms with Crippen LogP contribution in [0, 0.1) is 27.7 Å². The molecule has 8 aromatic rings. The lowest BCUT2D eigenvalue weighted by Gasteiger charge is -2.08. The second kappa shape index (κ2) is 16.7. The molecule has 13 nitrogen and oxygen atoms in total. The van der Waals surface area contributed by atoms with Gasteiger partial charge in [0.2, 0.25) is 11.7 Å². The van der Waals surface area contributed by atoms with Crippen LogP contribution in [0.2, 0.25) is 0 Å². The van der Waals surface area contributed by atoms with E-state index >= 15 is 0 Å². The number of aromatic amines is 1. The molecule has 0 unspecified atom stereocenters. The third-order valence-corrected chi connectivity index (χ3v) is 11.0. The summed E-state index contributed by atoms with van der Waals surface area (Å²) in [6, 6.07) is 19.4. The van der Waals surface area contributed by atoms with Gasteiger partial charge in [0.25, 0.3) is 5.89 Å². The molecular weight excluding hydrogens is 721 g/mol. The molecule has 6 N–H and O–H groups in total. The number of carboxylic acid groups (broad SMARTS) is 1. The SMILES string of the molecule is C.CCc1c(C)nc2sc(-c3nnc(-c4ccccc4)o3)c(N)c2c1C.CCc1c(C)nc2sc(C(=O)O)c(N)c2c1C.c1ccc(-c2nn[nH]n2)cc1. The number of hydrogen-bond donors (Lipinski definition) is 4. The summed E-state index contributed by atoms with van der Waals surface area (Å²) in [5, 5.41) is 32.8. The Kier molecular flexibility index (Phi) is 12.1. The first-order chi connectivity index (χ1) is 25.5. The molecule has 0 saturated carbocycles. The van der Waals surface area contributed by atoms with Gasteiger partial charge in [0.1, 0.15) is 19.4 Å². The molecule has 6 heterocycles. The van der Waals surface area contributed by atoms with Crippen molar-refractivity contribution in [2.24, 2.45) is 0 Å². The van der Waals surface area contributed by atoms with Crippen LogP contribution in [-0.2, 0) is 12.8 Å². The number of carbonyl (C=O) groups is 1. The fourth-order valence-electron chi connectivity index (χ4n) is 6.27. The molecule has 54 heavy (non-hydrogen) atoms. The van der Waals surface area contributed by atoms with E-state index in [9.17, 15) is 4.79 Å². The number of anilines is 2. The van der Waals surface area contributed by atoms with E-state index in [1.807, 2.05) is 81.4 Å². The number of hydrogen-bond acceptors (Lipinski definition) is 13. The minimum atomic E-state index is -0.986. The lowest BCUT2D eigenvalue weighted by molar-refractivity contribution is 0.0703. The predicted molar refractivity (Wildman–Crippen MR) is 218 cm³/mol. The number of carboxylic acids is 1. The number of fused-ring (bicyclic) bond motifs is 2. The number of nitrogens with one attached hydrogen (secondary N) is 1. The molecule has 0 aliphatic heterocycles. The second-order valence-electron chi connectivity index (χ2n) is 12.0. The van der Waals surface area contributed by atoms with Crippen LogP contribution in [0.15, 0.2) is 65.1 Å². The third-order valence-electron chi connectivity index (χ3n) is 8.84. The molecule has 0 spiro atoms. The number of nitrogen functional groups attached to an aromatic ring is 2. The van der Waals surface area contributed by atoms with Crippen molar-refractivity contribution in [1.29, 1.82) is 0 Å². The summed E-state index contributed by atoms with van der Waals surface area (Å²) >= 11 is 2.64. The Hall–Kier alpha value is -6.06. The Morgan fingerprint density at radius 2 is 1.26 bits per heavy atom. The van der Waals surface area contributed by atoms with E-state index in [0.29, 0.717) is 33.8 Å². The molecule has 0 fully saturated rings. The summed E-state index contributed by atoms with van der Waals surface area (Å²) in [5.74, 6) is 0.572. The third kappa shape index (κ3) is 7.68. The Labute approximate surface area is 320 Å². The molecule has 15 heteroatoms. The Balaban J connectivity index is 0.000000167. The van der Waals surface area contributed by atoms with Crippen molar-refractivity contribution in [2.75, 3.05) is 11.5 Å². The highest BCUT2D eigenvalue weighted by Gasteiger charge is 2.22. The number of aromatic nitrogens is 8. The average Bonchev–Trinajstić information content (AvgIpc) is 3.97. The number of aryl methyl sites for hydroxylation is 4. The van der Waals surface area contributed by atoms with Gasteiger partial charge in [-0.1, -0.05) is 69.8 Å². The van der Waals surface area contributed by atoms with Gasteiger partial charge in [-0.15, -0.1) is 43.1 Å². The monoisotopic (exact) mass is 762 g/mol. The number of thiophene rings is 2. The summed E-state index contributed by atoms with van der Waals surface area (Å²) in [7, 11) is 0. The first kappa shape index (κ1) is 39.2. The number of H-pyrrole nitrogens is 1.